The van der Waals surface area contributed by atoms with Crippen LogP contribution in [-0.2, 0) is 21.9 Å². The summed E-state index contributed by atoms with van der Waals surface area (Å²) in [5.74, 6) is 1.87. The number of esters is 1. The average molecular weight is 441 g/mol. The normalized spacial score (nSPS) is 10.5. The first-order valence-electron chi connectivity index (χ1n) is 9.65. The zero-order chi connectivity index (χ0) is 22.2. The summed E-state index contributed by atoms with van der Waals surface area (Å²) >= 11 is 1.46. The van der Waals surface area contributed by atoms with E-state index >= 15 is 0 Å². The molecule has 162 valence electrons. The highest BCUT2D eigenvalue weighted by Gasteiger charge is 2.11. The number of hydrogen-bond acceptors (Lipinski definition) is 7. The van der Waals surface area contributed by atoms with Crippen molar-refractivity contribution < 1.29 is 23.6 Å². The van der Waals surface area contributed by atoms with E-state index in [0.29, 0.717) is 17.0 Å². The Bertz CT molecular complexity index is 1010. The molecule has 31 heavy (non-hydrogen) atoms. The molecule has 8 heteroatoms. The summed E-state index contributed by atoms with van der Waals surface area (Å²) in [4.78, 5) is 24.4. The van der Waals surface area contributed by atoms with Gasteiger partial charge in [-0.3, -0.25) is 9.59 Å². The number of rotatable bonds is 9. The lowest BCUT2D eigenvalue weighted by Crippen LogP contribution is -2.12. The molecule has 0 saturated heterocycles. The molecule has 2 aromatic carbocycles. The third-order valence-electron chi connectivity index (χ3n) is 4.61. The molecule has 1 heterocycles. The number of hydrogen-bond donors (Lipinski definition) is 1. The zero-order valence-corrected chi connectivity index (χ0v) is 18.5. The van der Waals surface area contributed by atoms with Crippen LogP contribution in [0.1, 0.15) is 32.9 Å². The number of benzene rings is 2. The first kappa shape index (κ1) is 22.4. The van der Waals surface area contributed by atoms with E-state index < -0.39 is 0 Å². The number of aryl methyl sites for hydroxylation is 2. The minimum absolute atomic E-state index is 0.158. The molecule has 0 aliphatic carbocycles. The quantitative estimate of drug-likeness (QED) is 0.489. The molecule has 0 atom stereocenters. The molecular weight excluding hydrogens is 416 g/mol. The fraction of sp³-hybridized carbons (Fsp3) is 0.261. The minimum atomic E-state index is -0.293. The van der Waals surface area contributed by atoms with Crippen LogP contribution < -0.4 is 10.1 Å². The molecule has 0 aliphatic heterocycles. The molecule has 3 aromatic rings. The van der Waals surface area contributed by atoms with Gasteiger partial charge in [-0.25, -0.2) is 0 Å². The summed E-state index contributed by atoms with van der Waals surface area (Å²) in [5, 5.41) is 6.73. The smallest absolute Gasteiger partial charge is 0.316 e. The lowest BCUT2D eigenvalue weighted by atomic mass is 10.1. The van der Waals surface area contributed by atoms with Gasteiger partial charge < -0.3 is 19.3 Å². The van der Waals surface area contributed by atoms with Gasteiger partial charge in [0.1, 0.15) is 18.1 Å². The van der Waals surface area contributed by atoms with E-state index in [1.165, 1.54) is 11.8 Å². The Morgan fingerprint density at radius 2 is 1.77 bits per heavy atom. The summed E-state index contributed by atoms with van der Waals surface area (Å²) in [7, 11) is 1.59. The third-order valence-corrected chi connectivity index (χ3v) is 5.54. The molecule has 3 rings (SSSR count). The maximum Gasteiger partial charge on any atom is 0.316 e. The van der Waals surface area contributed by atoms with Crippen molar-refractivity contribution in [3.05, 3.63) is 76.7 Å². The summed E-state index contributed by atoms with van der Waals surface area (Å²) < 4.78 is 15.5. The topological polar surface area (TPSA) is 90.7 Å². The lowest BCUT2D eigenvalue weighted by molar-refractivity contribution is -0.141. The maximum absolute atomic E-state index is 12.4. The Morgan fingerprint density at radius 1 is 1.06 bits per heavy atom. The van der Waals surface area contributed by atoms with E-state index in [0.717, 1.165) is 28.3 Å². The minimum Gasteiger partial charge on any atom is -0.497 e. The van der Waals surface area contributed by atoms with Gasteiger partial charge in [0.05, 0.1) is 18.6 Å². The molecule has 1 N–H and O–H groups in total. The van der Waals surface area contributed by atoms with E-state index in [9.17, 15) is 9.59 Å². The second kappa shape index (κ2) is 10.7. The summed E-state index contributed by atoms with van der Waals surface area (Å²) in [6, 6.07) is 14.0. The van der Waals surface area contributed by atoms with E-state index in [1.807, 2.05) is 13.8 Å². The first-order chi connectivity index (χ1) is 15.0. The Labute approximate surface area is 185 Å². The number of carbonyl (C=O) groups is 2. The van der Waals surface area contributed by atoms with Crippen LogP contribution in [0.3, 0.4) is 0 Å². The highest BCUT2D eigenvalue weighted by atomic mass is 32.2. The predicted octanol–water partition coefficient (Wildman–Crippen LogP) is 4.53. The van der Waals surface area contributed by atoms with Gasteiger partial charge in [-0.05, 0) is 55.8 Å². The van der Waals surface area contributed by atoms with E-state index in [-0.39, 0.29) is 24.2 Å². The SMILES string of the molecule is COc1ccc(NC(=O)c2ccc(COC(=O)CSCc3c(C)noc3C)cc2)cc1. The highest BCUT2D eigenvalue weighted by Crippen LogP contribution is 2.20. The van der Waals surface area contributed by atoms with E-state index in [1.54, 1.807) is 55.6 Å². The summed E-state index contributed by atoms with van der Waals surface area (Å²) in [5.41, 5.74) is 3.86. The van der Waals surface area contributed by atoms with Gasteiger partial charge in [0, 0.05) is 22.6 Å². The molecule has 0 radical (unpaired) electrons. The number of anilines is 1. The maximum atomic E-state index is 12.4. The fourth-order valence-corrected chi connectivity index (χ4v) is 3.75. The Hall–Kier alpha value is -3.26. The Balaban J connectivity index is 1.43. The van der Waals surface area contributed by atoms with Gasteiger partial charge in [0.2, 0.25) is 0 Å². The number of aromatic nitrogens is 1. The molecule has 1 aromatic heterocycles. The number of nitrogens with one attached hydrogen (secondary N) is 1. The summed E-state index contributed by atoms with van der Waals surface area (Å²) in [6.07, 6.45) is 0. The van der Waals surface area contributed by atoms with Crippen LogP contribution in [-0.4, -0.2) is 29.9 Å². The van der Waals surface area contributed by atoms with Gasteiger partial charge in [0.15, 0.2) is 0 Å². The monoisotopic (exact) mass is 440 g/mol. The van der Waals surface area contributed by atoms with Crippen LogP contribution in [0.15, 0.2) is 53.1 Å². The summed E-state index contributed by atoms with van der Waals surface area (Å²) in [6.45, 7) is 3.89. The Kier molecular flexibility index (Phi) is 7.72. The number of carbonyl (C=O) groups excluding carboxylic acids is 2. The van der Waals surface area contributed by atoms with Crippen LogP contribution >= 0.6 is 11.8 Å². The van der Waals surface area contributed by atoms with Crippen molar-refractivity contribution in [2.45, 2.75) is 26.2 Å². The van der Waals surface area contributed by atoms with Crippen molar-refractivity contribution in [3.8, 4) is 5.75 Å². The third kappa shape index (κ3) is 6.36. The molecule has 0 bridgehead atoms. The van der Waals surface area contributed by atoms with Crippen LogP contribution in [0.5, 0.6) is 5.75 Å². The standard InChI is InChI=1S/C23H24N2O5S/c1-15-21(16(2)30-25-15)13-31-14-22(26)29-12-17-4-6-18(7-5-17)23(27)24-19-8-10-20(28-3)11-9-19/h4-11H,12-14H2,1-3H3,(H,24,27). The molecule has 0 saturated carbocycles. The van der Waals surface area contributed by atoms with Crippen LogP contribution in [0.2, 0.25) is 0 Å². The van der Waals surface area contributed by atoms with E-state index in [4.69, 9.17) is 14.0 Å². The average Bonchev–Trinajstić information content (AvgIpc) is 3.10. The zero-order valence-electron chi connectivity index (χ0n) is 17.6. The second-order valence-corrected chi connectivity index (χ2v) is 7.82. The fourth-order valence-electron chi connectivity index (χ4n) is 2.78. The van der Waals surface area contributed by atoms with Crippen molar-refractivity contribution in [1.29, 1.82) is 0 Å². The van der Waals surface area contributed by atoms with Crippen molar-refractivity contribution in [3.63, 3.8) is 0 Å². The first-order valence-corrected chi connectivity index (χ1v) is 10.8. The van der Waals surface area contributed by atoms with Gasteiger partial charge in [-0.2, -0.15) is 0 Å². The van der Waals surface area contributed by atoms with Crippen molar-refractivity contribution in [2.24, 2.45) is 0 Å². The largest absolute Gasteiger partial charge is 0.497 e. The molecule has 0 unspecified atom stereocenters. The van der Waals surface area contributed by atoms with Crippen LogP contribution in [0, 0.1) is 13.8 Å². The van der Waals surface area contributed by atoms with Gasteiger partial charge in [0.25, 0.3) is 5.91 Å². The molecule has 0 fully saturated rings. The lowest BCUT2D eigenvalue weighted by Gasteiger charge is -2.08. The van der Waals surface area contributed by atoms with Crippen LogP contribution in [0.25, 0.3) is 0 Å². The number of nitrogens with zero attached hydrogens (tertiary/aromatic N) is 1. The van der Waals surface area contributed by atoms with Gasteiger partial charge >= 0.3 is 5.97 Å². The number of thioether (sulfide) groups is 1. The van der Waals surface area contributed by atoms with Crippen molar-refractivity contribution in [1.82, 2.24) is 5.16 Å². The molecule has 7 nitrogen and oxygen atoms in total. The van der Waals surface area contributed by atoms with Gasteiger partial charge in [-0.1, -0.05) is 17.3 Å². The number of ether oxygens (including phenoxy) is 2. The second-order valence-electron chi connectivity index (χ2n) is 6.84. The van der Waals surface area contributed by atoms with Gasteiger partial charge in [-0.15, -0.1) is 11.8 Å². The van der Waals surface area contributed by atoms with Crippen molar-refractivity contribution in [2.75, 3.05) is 18.2 Å². The predicted molar refractivity (Wildman–Crippen MR) is 119 cm³/mol. The highest BCUT2D eigenvalue weighted by molar-refractivity contribution is 7.99. The Morgan fingerprint density at radius 3 is 2.39 bits per heavy atom. The molecule has 0 aliphatic rings. The molecule has 1 amide bonds. The molecular formula is C23H24N2O5S. The van der Waals surface area contributed by atoms with Crippen molar-refractivity contribution >= 4 is 29.3 Å². The van der Waals surface area contributed by atoms with Crippen LogP contribution in [0.4, 0.5) is 5.69 Å². The van der Waals surface area contributed by atoms with E-state index in [2.05, 4.69) is 10.5 Å². The molecule has 0 spiro atoms. The number of amides is 1. The number of methoxy groups -OCH3 is 1.